The van der Waals surface area contributed by atoms with Gasteiger partial charge in [-0.15, -0.1) is 71.0 Å². The Kier molecular flexibility index (Phi) is 16.8. The predicted octanol–water partition coefficient (Wildman–Crippen LogP) is 8.91. The second-order valence-electron chi connectivity index (χ2n) is 7.29. The Bertz CT molecular complexity index is 1130. The van der Waals surface area contributed by atoms with E-state index >= 15 is 0 Å². The molecule has 0 bridgehead atoms. The zero-order valence-corrected chi connectivity index (χ0v) is 25.1. The van der Waals surface area contributed by atoms with Crippen molar-refractivity contribution in [2.45, 2.75) is 26.7 Å². The maximum atomic E-state index is 3.40. The van der Waals surface area contributed by atoms with Crippen LogP contribution in [0.15, 0.2) is 84.9 Å². The quantitative estimate of drug-likeness (QED) is 0.158. The number of fused-ring (bicyclic) bond motifs is 2. The SMILES string of the molecule is CC1=[C-]C(C)c2ccccc21.Cc1cc2c(-c3ccccc3)cccc2[cH-]1.Cl.Cl.[CH3-].[CH3-].[Si]=[Zr]. The zero-order chi connectivity index (χ0) is 20.8. The van der Waals surface area contributed by atoms with Crippen LogP contribution in [0, 0.1) is 27.9 Å². The van der Waals surface area contributed by atoms with Gasteiger partial charge in [-0.25, -0.2) is 5.57 Å². The molecule has 1 atom stereocenters. The van der Waals surface area contributed by atoms with Gasteiger partial charge in [-0.3, -0.25) is 6.08 Å². The summed E-state index contributed by atoms with van der Waals surface area (Å²) in [6, 6.07) is 30.1. The third-order valence-electron chi connectivity index (χ3n) is 5.24. The molecule has 0 heterocycles. The first-order valence-corrected chi connectivity index (χ1v) is 14.0. The summed E-state index contributed by atoms with van der Waals surface area (Å²) in [6.07, 6.45) is 3.40. The second-order valence-corrected chi connectivity index (χ2v) is 7.29. The summed E-state index contributed by atoms with van der Waals surface area (Å²) in [5, 5.41) is 2.69. The van der Waals surface area contributed by atoms with Crippen LogP contribution in [0.2, 0.25) is 0 Å². The van der Waals surface area contributed by atoms with E-state index in [2.05, 4.69) is 119 Å². The van der Waals surface area contributed by atoms with Crippen LogP contribution in [0.25, 0.3) is 27.5 Å². The number of halogens is 2. The molecule has 174 valence electrons. The normalized spacial score (nSPS) is 12.4. The number of benzene rings is 3. The number of rotatable bonds is 1. The Morgan fingerprint density at radius 1 is 0.788 bits per heavy atom. The van der Waals surface area contributed by atoms with Crippen molar-refractivity contribution in [3.63, 3.8) is 0 Å². The molecule has 1 unspecified atom stereocenters. The molecule has 0 fully saturated rings. The molecule has 33 heavy (non-hydrogen) atoms. The van der Waals surface area contributed by atoms with Gasteiger partial charge in [0.2, 0.25) is 0 Å². The Morgan fingerprint density at radius 2 is 1.36 bits per heavy atom. The topological polar surface area (TPSA) is 0 Å². The van der Waals surface area contributed by atoms with Crippen LogP contribution in [-0.2, 0) is 23.3 Å². The van der Waals surface area contributed by atoms with E-state index in [9.17, 15) is 0 Å². The van der Waals surface area contributed by atoms with Crippen molar-refractivity contribution < 1.29 is 23.3 Å². The Labute approximate surface area is 230 Å². The first-order valence-electron chi connectivity index (χ1n) is 9.79. The molecule has 0 N–H and O–H groups in total. The average Bonchev–Trinajstić information content (AvgIpc) is 3.29. The Morgan fingerprint density at radius 3 is 2.00 bits per heavy atom. The van der Waals surface area contributed by atoms with Crippen molar-refractivity contribution >= 4 is 48.0 Å². The molecule has 4 aromatic rings. The van der Waals surface area contributed by atoms with Crippen molar-refractivity contribution in [1.82, 2.24) is 0 Å². The van der Waals surface area contributed by atoms with E-state index in [-0.39, 0.29) is 39.7 Å². The van der Waals surface area contributed by atoms with Crippen molar-refractivity contribution in [1.29, 1.82) is 0 Å². The predicted molar refractivity (Wildman–Crippen MR) is 150 cm³/mol. The van der Waals surface area contributed by atoms with Crippen LogP contribution in [0.4, 0.5) is 0 Å². The van der Waals surface area contributed by atoms with Gasteiger partial charge < -0.3 is 14.9 Å². The van der Waals surface area contributed by atoms with Crippen LogP contribution in [0.1, 0.15) is 36.5 Å². The first-order chi connectivity index (χ1) is 14.1. The van der Waals surface area contributed by atoms with Gasteiger partial charge in [-0.2, -0.15) is 11.6 Å². The molecule has 0 nitrogen and oxygen atoms in total. The van der Waals surface area contributed by atoms with Crippen LogP contribution < -0.4 is 0 Å². The van der Waals surface area contributed by atoms with E-state index in [0.29, 0.717) is 5.92 Å². The summed E-state index contributed by atoms with van der Waals surface area (Å²) >= 11 is 1.36. The summed E-state index contributed by atoms with van der Waals surface area (Å²) in [5.74, 6) is 0.492. The summed E-state index contributed by atoms with van der Waals surface area (Å²) in [7, 11) is 0. The maximum absolute atomic E-state index is 3.40. The molecule has 4 heteroatoms. The van der Waals surface area contributed by atoms with E-state index in [1.807, 2.05) is 0 Å². The van der Waals surface area contributed by atoms with E-state index in [4.69, 9.17) is 0 Å². The van der Waals surface area contributed by atoms with Crippen molar-refractivity contribution in [3.05, 3.63) is 123 Å². The van der Waals surface area contributed by atoms with Crippen LogP contribution >= 0.6 is 24.8 Å². The molecule has 4 aromatic carbocycles. The van der Waals surface area contributed by atoms with Crippen LogP contribution in [-0.4, -0.2) is 6.88 Å². The zero-order valence-electron chi connectivity index (χ0n) is 20.0. The van der Waals surface area contributed by atoms with E-state index in [1.54, 1.807) is 0 Å². The molecule has 0 aliphatic heterocycles. The molecule has 1 aliphatic rings. The monoisotopic (exact) mass is 568 g/mol. The Balaban J connectivity index is 0. The summed E-state index contributed by atoms with van der Waals surface area (Å²) < 4.78 is 0. The van der Waals surface area contributed by atoms with Crippen LogP contribution in [0.5, 0.6) is 0 Å². The van der Waals surface area contributed by atoms with E-state index < -0.39 is 0 Å². The van der Waals surface area contributed by atoms with Gasteiger partial charge in [-0.05, 0) is 5.56 Å². The van der Waals surface area contributed by atoms with E-state index in [1.165, 1.54) is 67.5 Å². The summed E-state index contributed by atoms with van der Waals surface area (Å²) in [5.41, 5.74) is 8.04. The molecular formula is C29H32Cl2SiZr-4. The molecule has 5 rings (SSSR count). The first kappa shape index (κ1) is 33.9. The summed E-state index contributed by atoms with van der Waals surface area (Å²) in [4.78, 5) is 0. The fourth-order valence-corrected chi connectivity index (χ4v) is 3.95. The number of hydrogen-bond donors (Lipinski definition) is 0. The molecule has 2 radical (unpaired) electrons. The minimum absolute atomic E-state index is 0. The number of aryl methyl sites for hydroxylation is 1. The van der Waals surface area contributed by atoms with Gasteiger partial charge in [0.05, 0.1) is 0 Å². The second kappa shape index (κ2) is 16.3. The van der Waals surface area contributed by atoms with Crippen molar-refractivity contribution in [3.8, 4) is 11.1 Å². The van der Waals surface area contributed by atoms with Crippen LogP contribution in [0.3, 0.4) is 0 Å². The van der Waals surface area contributed by atoms with Crippen molar-refractivity contribution in [2.75, 3.05) is 0 Å². The summed E-state index contributed by atoms with van der Waals surface area (Å²) in [6.45, 7) is 9.53. The third-order valence-corrected chi connectivity index (χ3v) is 5.24. The standard InChI is InChI=1S/C16H13.C11H11.2CH3.2ClH.Si.Zr/c1-12-10-14-8-5-9-15(16(14)11-12)13-6-3-2-4-7-13;1-8-7-9(2)11-6-4-3-5-10(8)11;;;;;;/h2-11H,1H3;3-6,8H,1-2H3;2*1H3;2*1H;;/q4*-1;;;;. The average molecular weight is 571 g/mol. The van der Waals surface area contributed by atoms with Gasteiger partial charge in [0, 0.05) is 0 Å². The minimum atomic E-state index is 0. The molecule has 1 aliphatic carbocycles. The number of hydrogen-bond acceptors (Lipinski definition) is 0. The third kappa shape index (κ3) is 8.15. The fourth-order valence-electron chi connectivity index (χ4n) is 3.95. The van der Waals surface area contributed by atoms with Crippen molar-refractivity contribution in [2.24, 2.45) is 0 Å². The molecule has 0 saturated heterocycles. The van der Waals surface area contributed by atoms with Gasteiger partial charge in [0.1, 0.15) is 0 Å². The fraction of sp³-hybridized carbons (Fsp3) is 0.138. The number of allylic oxidation sites excluding steroid dienone is 2. The molecule has 0 amide bonds. The molecule has 0 saturated carbocycles. The molecular weight excluding hydrogens is 539 g/mol. The molecule has 0 aromatic heterocycles. The van der Waals surface area contributed by atoms with Gasteiger partial charge in [0.15, 0.2) is 0 Å². The van der Waals surface area contributed by atoms with Gasteiger partial charge in [0.25, 0.3) is 0 Å². The van der Waals surface area contributed by atoms with Gasteiger partial charge >= 0.3 is 30.2 Å². The van der Waals surface area contributed by atoms with Gasteiger partial charge in [-0.1, -0.05) is 86.8 Å². The van der Waals surface area contributed by atoms with E-state index in [0.717, 1.165) is 0 Å². The molecule has 0 spiro atoms. The Hall–Kier alpha value is -1.31.